The highest BCUT2D eigenvalue weighted by Crippen LogP contribution is 2.39. The predicted molar refractivity (Wildman–Crippen MR) is 66.8 cm³/mol. The van der Waals surface area contributed by atoms with Gasteiger partial charge in [0.25, 0.3) is 0 Å². The molecule has 2 rings (SSSR count). The summed E-state index contributed by atoms with van der Waals surface area (Å²) in [5.74, 6) is 2.74. The lowest BCUT2D eigenvalue weighted by molar-refractivity contribution is 0.286. The van der Waals surface area contributed by atoms with E-state index in [-0.39, 0.29) is 0 Å². The molecule has 0 amide bonds. The maximum absolute atomic E-state index is 4.43. The van der Waals surface area contributed by atoms with Gasteiger partial charge in [-0.05, 0) is 43.4 Å². The monoisotopic (exact) mass is 206 g/mol. The largest absolute Gasteiger partial charge is 0.0993 e. The van der Waals surface area contributed by atoms with Gasteiger partial charge in [-0.1, -0.05) is 51.2 Å². The Bertz CT molecular complexity index is 202. The lowest BCUT2D eigenvalue weighted by Crippen LogP contribution is -2.20. The zero-order chi connectivity index (χ0) is 10.7. The zero-order valence-corrected chi connectivity index (χ0v) is 10.3. The lowest BCUT2D eigenvalue weighted by Gasteiger charge is -2.33. The lowest BCUT2D eigenvalue weighted by atomic mass is 9.72. The van der Waals surface area contributed by atoms with E-state index in [2.05, 4.69) is 13.5 Å². The summed E-state index contributed by atoms with van der Waals surface area (Å²) in [7, 11) is 0. The maximum Gasteiger partial charge on any atom is -0.0203 e. The fraction of sp³-hybridized carbons (Fsp3) is 0.867. The summed E-state index contributed by atoms with van der Waals surface area (Å²) in [5.41, 5.74) is 1.63. The highest BCUT2D eigenvalue weighted by Gasteiger charge is 2.25. The van der Waals surface area contributed by atoms with Crippen LogP contribution in [0.25, 0.3) is 0 Å². The molecule has 0 aromatic rings. The predicted octanol–water partition coefficient (Wildman–Crippen LogP) is 4.95. The standard InChI is InChI=1S/C15H26/c1-12-8-10-15(11-9-12)13(2)14-6-4-3-5-7-14/h12,14-15H,2-11H2,1H3. The van der Waals surface area contributed by atoms with E-state index in [0.717, 1.165) is 17.8 Å². The summed E-state index contributed by atoms with van der Waals surface area (Å²) < 4.78 is 0. The van der Waals surface area contributed by atoms with Crippen LogP contribution in [0.15, 0.2) is 12.2 Å². The molecular weight excluding hydrogens is 180 g/mol. The van der Waals surface area contributed by atoms with Gasteiger partial charge in [0, 0.05) is 0 Å². The summed E-state index contributed by atoms with van der Waals surface area (Å²) in [6.07, 6.45) is 13.0. The van der Waals surface area contributed by atoms with E-state index in [0.29, 0.717) is 0 Å². The first-order chi connectivity index (χ1) is 7.27. The van der Waals surface area contributed by atoms with Gasteiger partial charge in [0.15, 0.2) is 0 Å². The van der Waals surface area contributed by atoms with Crippen LogP contribution in [0.5, 0.6) is 0 Å². The summed E-state index contributed by atoms with van der Waals surface area (Å²) >= 11 is 0. The van der Waals surface area contributed by atoms with Crippen molar-refractivity contribution in [3.63, 3.8) is 0 Å². The quantitative estimate of drug-likeness (QED) is 0.561. The Hall–Kier alpha value is -0.260. The molecule has 15 heavy (non-hydrogen) atoms. The zero-order valence-electron chi connectivity index (χ0n) is 10.3. The average Bonchev–Trinajstić information content (AvgIpc) is 2.30. The second-order valence-electron chi connectivity index (χ2n) is 5.87. The highest BCUT2D eigenvalue weighted by atomic mass is 14.3. The molecule has 2 saturated carbocycles. The molecule has 0 radical (unpaired) electrons. The Morgan fingerprint density at radius 3 is 1.93 bits per heavy atom. The van der Waals surface area contributed by atoms with E-state index >= 15 is 0 Å². The van der Waals surface area contributed by atoms with Crippen LogP contribution >= 0.6 is 0 Å². The second-order valence-corrected chi connectivity index (χ2v) is 5.87. The molecule has 2 fully saturated rings. The Balaban J connectivity index is 1.84. The van der Waals surface area contributed by atoms with E-state index in [4.69, 9.17) is 0 Å². The van der Waals surface area contributed by atoms with E-state index in [9.17, 15) is 0 Å². The van der Waals surface area contributed by atoms with Crippen molar-refractivity contribution in [3.05, 3.63) is 12.2 Å². The van der Waals surface area contributed by atoms with Crippen LogP contribution < -0.4 is 0 Å². The van der Waals surface area contributed by atoms with Crippen LogP contribution in [0.3, 0.4) is 0 Å². The summed E-state index contributed by atoms with van der Waals surface area (Å²) in [6.45, 7) is 6.83. The van der Waals surface area contributed by atoms with Crippen molar-refractivity contribution < 1.29 is 0 Å². The van der Waals surface area contributed by atoms with Crippen LogP contribution in [0, 0.1) is 17.8 Å². The molecule has 0 heteroatoms. The Morgan fingerprint density at radius 2 is 1.33 bits per heavy atom. The minimum Gasteiger partial charge on any atom is -0.0993 e. The first-order valence-corrected chi connectivity index (χ1v) is 6.96. The third kappa shape index (κ3) is 2.86. The van der Waals surface area contributed by atoms with Crippen LogP contribution in [-0.4, -0.2) is 0 Å². The van der Waals surface area contributed by atoms with Crippen LogP contribution in [-0.2, 0) is 0 Å². The summed E-state index contributed by atoms with van der Waals surface area (Å²) in [5, 5.41) is 0. The van der Waals surface area contributed by atoms with Crippen molar-refractivity contribution in [2.24, 2.45) is 17.8 Å². The molecule has 2 aliphatic rings. The van der Waals surface area contributed by atoms with Crippen LogP contribution in [0.2, 0.25) is 0 Å². The van der Waals surface area contributed by atoms with Crippen LogP contribution in [0.1, 0.15) is 64.7 Å². The van der Waals surface area contributed by atoms with Gasteiger partial charge in [0.1, 0.15) is 0 Å². The van der Waals surface area contributed by atoms with Crippen molar-refractivity contribution in [2.45, 2.75) is 64.7 Å². The molecule has 0 N–H and O–H groups in total. The number of rotatable bonds is 2. The SMILES string of the molecule is C=C(C1CCCCC1)C1CCC(C)CC1. The van der Waals surface area contributed by atoms with Gasteiger partial charge in [-0.15, -0.1) is 0 Å². The first kappa shape index (κ1) is 11.2. The van der Waals surface area contributed by atoms with Gasteiger partial charge in [0.2, 0.25) is 0 Å². The number of hydrogen-bond donors (Lipinski definition) is 0. The molecule has 0 nitrogen and oxygen atoms in total. The molecule has 0 aromatic heterocycles. The van der Waals surface area contributed by atoms with E-state index < -0.39 is 0 Å². The molecule has 86 valence electrons. The summed E-state index contributed by atoms with van der Waals surface area (Å²) in [4.78, 5) is 0. The van der Waals surface area contributed by atoms with Crippen molar-refractivity contribution in [1.82, 2.24) is 0 Å². The molecule has 0 saturated heterocycles. The van der Waals surface area contributed by atoms with Crippen molar-refractivity contribution >= 4 is 0 Å². The Kier molecular flexibility index (Phi) is 3.88. The first-order valence-electron chi connectivity index (χ1n) is 6.96. The third-order valence-corrected chi connectivity index (χ3v) is 4.67. The van der Waals surface area contributed by atoms with Crippen molar-refractivity contribution in [1.29, 1.82) is 0 Å². The van der Waals surface area contributed by atoms with Gasteiger partial charge >= 0.3 is 0 Å². The van der Waals surface area contributed by atoms with Crippen molar-refractivity contribution in [2.75, 3.05) is 0 Å². The molecule has 0 aromatic carbocycles. The van der Waals surface area contributed by atoms with Gasteiger partial charge in [-0.2, -0.15) is 0 Å². The number of hydrogen-bond acceptors (Lipinski definition) is 0. The molecule has 0 heterocycles. The molecule has 2 aliphatic carbocycles. The van der Waals surface area contributed by atoms with E-state index in [1.54, 1.807) is 5.57 Å². The maximum atomic E-state index is 4.43. The minimum absolute atomic E-state index is 0.879. The topological polar surface area (TPSA) is 0 Å². The van der Waals surface area contributed by atoms with E-state index in [1.165, 1.54) is 57.8 Å². The molecule has 0 spiro atoms. The van der Waals surface area contributed by atoms with Crippen molar-refractivity contribution in [3.8, 4) is 0 Å². The third-order valence-electron chi connectivity index (χ3n) is 4.67. The summed E-state index contributed by atoms with van der Waals surface area (Å²) in [6, 6.07) is 0. The second kappa shape index (κ2) is 5.18. The molecule has 0 aliphatic heterocycles. The fourth-order valence-electron chi connectivity index (χ4n) is 3.44. The molecular formula is C15H26. The molecule has 0 atom stereocenters. The van der Waals surface area contributed by atoms with E-state index in [1.807, 2.05) is 0 Å². The van der Waals surface area contributed by atoms with Gasteiger partial charge in [-0.3, -0.25) is 0 Å². The molecule has 0 bridgehead atoms. The highest BCUT2D eigenvalue weighted by molar-refractivity contribution is 5.07. The minimum atomic E-state index is 0.879. The smallest absolute Gasteiger partial charge is 0.0203 e. The van der Waals surface area contributed by atoms with Gasteiger partial charge < -0.3 is 0 Å². The Labute approximate surface area is 95.1 Å². The normalized spacial score (nSPS) is 33.9. The average molecular weight is 206 g/mol. The molecule has 0 unspecified atom stereocenters. The Morgan fingerprint density at radius 1 is 0.800 bits per heavy atom. The van der Waals surface area contributed by atoms with Gasteiger partial charge in [0.05, 0.1) is 0 Å². The fourth-order valence-corrected chi connectivity index (χ4v) is 3.44. The number of allylic oxidation sites excluding steroid dienone is 1. The van der Waals surface area contributed by atoms with Gasteiger partial charge in [-0.25, -0.2) is 0 Å². The van der Waals surface area contributed by atoms with Crippen LogP contribution in [0.4, 0.5) is 0 Å².